The highest BCUT2D eigenvalue weighted by Crippen LogP contribution is 2.16. The van der Waals surface area contributed by atoms with E-state index in [4.69, 9.17) is 8.74 Å². The molecule has 0 heterocycles. The molecular formula is C10H22O3S. The van der Waals surface area contributed by atoms with Crippen LogP contribution in [0, 0.1) is 5.92 Å². The van der Waals surface area contributed by atoms with E-state index in [1.54, 1.807) is 0 Å². The summed E-state index contributed by atoms with van der Waals surface area (Å²) in [5, 5.41) is 0. The van der Waals surface area contributed by atoms with Gasteiger partial charge in [-0.15, -0.1) is 0 Å². The van der Waals surface area contributed by atoms with E-state index in [0.29, 0.717) is 12.5 Å². The molecule has 14 heavy (non-hydrogen) atoms. The molecule has 2 unspecified atom stereocenters. The van der Waals surface area contributed by atoms with Crippen molar-refractivity contribution in [3.63, 3.8) is 0 Å². The third-order valence-corrected chi connectivity index (χ3v) is 2.66. The molecule has 0 aliphatic rings. The van der Waals surface area contributed by atoms with Gasteiger partial charge < -0.3 is 0 Å². The molecule has 0 amide bonds. The van der Waals surface area contributed by atoms with Crippen molar-refractivity contribution in [1.82, 2.24) is 0 Å². The van der Waals surface area contributed by atoms with Crippen LogP contribution >= 0.6 is 0 Å². The third-order valence-electron chi connectivity index (χ3n) is 2.32. The van der Waals surface area contributed by atoms with E-state index in [9.17, 15) is 4.21 Å². The second-order valence-corrected chi connectivity index (χ2v) is 4.32. The van der Waals surface area contributed by atoms with Crippen molar-refractivity contribution in [3.05, 3.63) is 0 Å². The number of rotatable bonds is 9. The van der Waals surface area contributed by atoms with Crippen LogP contribution in [-0.4, -0.2) is 15.4 Å². The Morgan fingerprint density at radius 1 is 1.21 bits per heavy atom. The van der Waals surface area contributed by atoms with Crippen LogP contribution in [0.2, 0.25) is 0 Å². The van der Waals surface area contributed by atoms with Crippen molar-refractivity contribution in [1.29, 1.82) is 0 Å². The van der Waals surface area contributed by atoms with Crippen LogP contribution in [0.4, 0.5) is 0 Å². The van der Waals surface area contributed by atoms with Crippen molar-refractivity contribution in [3.8, 4) is 0 Å². The summed E-state index contributed by atoms with van der Waals surface area (Å²) in [6.45, 7) is 4.72. The van der Waals surface area contributed by atoms with Crippen LogP contribution in [0.1, 0.15) is 52.4 Å². The fourth-order valence-electron chi connectivity index (χ4n) is 1.56. The Labute approximate surface area is 89.7 Å². The summed E-state index contributed by atoms with van der Waals surface area (Å²) < 4.78 is 23.5. The Morgan fingerprint density at radius 2 is 1.93 bits per heavy atom. The van der Waals surface area contributed by atoms with E-state index < -0.39 is 11.4 Å². The minimum absolute atomic E-state index is 0.417. The molecule has 0 aliphatic carbocycles. The fourth-order valence-corrected chi connectivity index (χ4v) is 1.87. The first-order valence-electron chi connectivity index (χ1n) is 5.44. The van der Waals surface area contributed by atoms with Gasteiger partial charge in [0, 0.05) is 0 Å². The first kappa shape index (κ1) is 14.1. The van der Waals surface area contributed by atoms with Gasteiger partial charge in [-0.3, -0.25) is 8.74 Å². The number of hydrogen-bond acceptors (Lipinski definition) is 2. The molecule has 1 N–H and O–H groups in total. The monoisotopic (exact) mass is 222 g/mol. The lowest BCUT2D eigenvalue weighted by atomic mass is 9.98. The summed E-state index contributed by atoms with van der Waals surface area (Å²) in [6, 6.07) is 0. The minimum atomic E-state index is -2.10. The predicted octanol–water partition coefficient (Wildman–Crippen LogP) is 3.14. The summed E-state index contributed by atoms with van der Waals surface area (Å²) in [5.41, 5.74) is 0. The Hall–Kier alpha value is 0.0700. The molecule has 4 heteroatoms. The van der Waals surface area contributed by atoms with Crippen LogP contribution < -0.4 is 0 Å². The van der Waals surface area contributed by atoms with Crippen LogP contribution in [0.5, 0.6) is 0 Å². The molecule has 0 saturated carbocycles. The molecule has 0 aromatic carbocycles. The van der Waals surface area contributed by atoms with Gasteiger partial charge in [0.2, 0.25) is 0 Å². The van der Waals surface area contributed by atoms with Gasteiger partial charge in [0.1, 0.15) is 0 Å². The maximum atomic E-state index is 10.3. The number of unbranched alkanes of at least 4 members (excludes halogenated alkanes) is 2. The van der Waals surface area contributed by atoms with E-state index in [-0.39, 0.29) is 0 Å². The molecule has 0 rings (SSSR count). The van der Waals surface area contributed by atoms with Gasteiger partial charge in [-0.1, -0.05) is 39.5 Å². The highest BCUT2D eigenvalue weighted by molar-refractivity contribution is 7.74. The molecule has 86 valence electrons. The topological polar surface area (TPSA) is 46.5 Å². The molecule has 0 aromatic heterocycles. The smallest absolute Gasteiger partial charge is 0.284 e. The minimum Gasteiger partial charge on any atom is -0.284 e. The van der Waals surface area contributed by atoms with E-state index in [1.807, 2.05) is 0 Å². The SMILES string of the molecule is CCCCCC(CCC)COS(=O)O. The van der Waals surface area contributed by atoms with Crippen molar-refractivity contribution >= 4 is 11.4 Å². The van der Waals surface area contributed by atoms with E-state index in [1.165, 1.54) is 19.3 Å². The summed E-state index contributed by atoms with van der Waals surface area (Å²) in [7, 11) is 0. The van der Waals surface area contributed by atoms with Crippen molar-refractivity contribution in [2.24, 2.45) is 5.92 Å². The van der Waals surface area contributed by atoms with Gasteiger partial charge in [-0.25, -0.2) is 0 Å². The lowest BCUT2D eigenvalue weighted by Gasteiger charge is -2.14. The first-order valence-corrected chi connectivity index (χ1v) is 6.48. The molecule has 2 atom stereocenters. The molecule has 0 fully saturated rings. The van der Waals surface area contributed by atoms with E-state index in [0.717, 1.165) is 19.3 Å². The molecule has 0 radical (unpaired) electrons. The zero-order valence-corrected chi connectivity index (χ0v) is 10.0. The average Bonchev–Trinajstić information content (AvgIpc) is 2.14. The summed E-state index contributed by atoms with van der Waals surface area (Å²) in [5.74, 6) is 0.447. The summed E-state index contributed by atoms with van der Waals surface area (Å²) in [4.78, 5) is 0. The highest BCUT2D eigenvalue weighted by atomic mass is 32.2. The highest BCUT2D eigenvalue weighted by Gasteiger charge is 2.09. The predicted molar refractivity (Wildman–Crippen MR) is 59.3 cm³/mol. The second kappa shape index (κ2) is 9.62. The molecular weight excluding hydrogens is 200 g/mol. The van der Waals surface area contributed by atoms with Crippen LogP contribution in [0.3, 0.4) is 0 Å². The van der Waals surface area contributed by atoms with Gasteiger partial charge in [-0.05, 0) is 18.8 Å². The van der Waals surface area contributed by atoms with Crippen LogP contribution in [0.15, 0.2) is 0 Å². The zero-order chi connectivity index (χ0) is 10.8. The second-order valence-electron chi connectivity index (χ2n) is 3.65. The molecule has 0 aliphatic heterocycles. The van der Waals surface area contributed by atoms with Gasteiger partial charge in [0.25, 0.3) is 0 Å². The molecule has 3 nitrogen and oxygen atoms in total. The Balaban J connectivity index is 3.59. The van der Waals surface area contributed by atoms with Gasteiger partial charge >= 0.3 is 11.4 Å². The standard InChI is InChI=1S/C10H22O3S/c1-3-5-6-8-10(7-4-2)9-13-14(11)12/h10H,3-9H2,1-2H3,(H,11,12). The van der Waals surface area contributed by atoms with E-state index in [2.05, 4.69) is 13.8 Å². The molecule has 0 saturated heterocycles. The van der Waals surface area contributed by atoms with E-state index >= 15 is 0 Å². The number of hydrogen-bond donors (Lipinski definition) is 1. The Morgan fingerprint density at radius 3 is 2.43 bits per heavy atom. The first-order chi connectivity index (χ1) is 6.70. The van der Waals surface area contributed by atoms with Gasteiger partial charge in [-0.2, -0.15) is 4.21 Å². The van der Waals surface area contributed by atoms with Crippen LogP contribution in [-0.2, 0) is 15.5 Å². The van der Waals surface area contributed by atoms with Crippen LogP contribution in [0.25, 0.3) is 0 Å². The third kappa shape index (κ3) is 8.66. The summed E-state index contributed by atoms with van der Waals surface area (Å²) >= 11 is -2.10. The lowest BCUT2D eigenvalue weighted by Crippen LogP contribution is -2.10. The fraction of sp³-hybridized carbons (Fsp3) is 1.00. The van der Waals surface area contributed by atoms with Crippen molar-refractivity contribution < 1.29 is 12.9 Å². The average molecular weight is 222 g/mol. The molecule has 0 bridgehead atoms. The Bertz CT molecular complexity index is 150. The molecule has 0 aromatic rings. The quantitative estimate of drug-likeness (QED) is 0.481. The maximum absolute atomic E-state index is 10.3. The zero-order valence-electron chi connectivity index (χ0n) is 9.20. The van der Waals surface area contributed by atoms with Gasteiger partial charge in [0.05, 0.1) is 6.61 Å². The molecule has 0 spiro atoms. The normalized spacial score (nSPS) is 15.4. The van der Waals surface area contributed by atoms with Crippen molar-refractivity contribution in [2.75, 3.05) is 6.61 Å². The lowest BCUT2D eigenvalue weighted by molar-refractivity contribution is 0.227. The maximum Gasteiger partial charge on any atom is 0.301 e. The Kier molecular flexibility index (Phi) is 9.67. The van der Waals surface area contributed by atoms with Gasteiger partial charge in [0.15, 0.2) is 0 Å². The summed E-state index contributed by atoms with van der Waals surface area (Å²) in [6.07, 6.45) is 6.95. The van der Waals surface area contributed by atoms with Crippen molar-refractivity contribution in [2.45, 2.75) is 52.4 Å². The largest absolute Gasteiger partial charge is 0.301 e.